The number of nitrogens with one attached hydrogen (secondary N) is 1. The molecule has 0 bridgehead atoms. The topological polar surface area (TPSA) is 75.3 Å². The fourth-order valence-electron chi connectivity index (χ4n) is 1.86. The maximum atomic E-state index is 12.8. The van der Waals surface area contributed by atoms with E-state index >= 15 is 0 Å². The van der Waals surface area contributed by atoms with Crippen LogP contribution < -0.4 is 5.43 Å². The lowest BCUT2D eigenvalue weighted by Gasteiger charge is -2.13. The second-order valence-electron chi connectivity index (χ2n) is 4.54. The minimum Gasteiger partial charge on any atom is -0.286 e. The first-order valence-corrected chi connectivity index (χ1v) is 6.33. The molecule has 0 atom stereocenters. The second-order valence-corrected chi connectivity index (χ2v) is 4.54. The third-order valence-corrected chi connectivity index (χ3v) is 3.11. The van der Waals surface area contributed by atoms with E-state index in [-0.39, 0.29) is 11.1 Å². The van der Waals surface area contributed by atoms with Gasteiger partial charge in [0.1, 0.15) is 0 Å². The number of alkyl halides is 3. The zero-order chi connectivity index (χ0) is 17.2. The molecule has 9 heteroatoms. The number of halogens is 3. The van der Waals surface area contributed by atoms with Crippen LogP contribution in [0.25, 0.3) is 11.1 Å². The molecule has 1 aromatic carbocycles. The van der Waals surface area contributed by atoms with E-state index < -0.39 is 28.8 Å². The van der Waals surface area contributed by atoms with Crippen LogP contribution in [0.15, 0.2) is 35.3 Å². The molecule has 1 N–H and O–H groups in total. The Kier molecular flexibility index (Phi) is 4.50. The third kappa shape index (κ3) is 3.39. The number of nitrogens with zero attached hydrogens (tertiary/aromatic N) is 2. The Labute approximate surface area is 128 Å². The smallest absolute Gasteiger partial charge is 0.286 e. The Morgan fingerprint density at radius 1 is 1.35 bits per heavy atom. The molecular weight excluding hydrogens is 315 g/mol. The molecule has 2 aromatic rings. The number of carbonyl (C=O) groups is 1. The van der Waals surface area contributed by atoms with Gasteiger partial charge in [0.15, 0.2) is 5.69 Å². The Hall–Kier alpha value is -2.68. The van der Waals surface area contributed by atoms with E-state index in [1.807, 2.05) is 0 Å². The van der Waals surface area contributed by atoms with Gasteiger partial charge in [-0.1, -0.05) is 12.1 Å². The second kappa shape index (κ2) is 6.21. The molecule has 122 valence electrons. The Morgan fingerprint density at radius 3 is 2.65 bits per heavy atom. The summed E-state index contributed by atoms with van der Waals surface area (Å²) in [4.78, 5) is 28.9. The van der Waals surface area contributed by atoms with Crippen LogP contribution in [-0.2, 0) is 11.0 Å². The van der Waals surface area contributed by atoms with Gasteiger partial charge in [0, 0.05) is 18.8 Å². The highest BCUT2D eigenvalue weighted by atomic mass is 19.4. The van der Waals surface area contributed by atoms with E-state index in [2.05, 4.69) is 15.0 Å². The number of H-pyrrole nitrogens is 1. The van der Waals surface area contributed by atoms with E-state index in [4.69, 9.17) is 0 Å². The lowest BCUT2D eigenvalue weighted by molar-refractivity contribution is -0.137. The van der Waals surface area contributed by atoms with Gasteiger partial charge >= 0.3 is 12.1 Å². The van der Waals surface area contributed by atoms with Gasteiger partial charge in [0.2, 0.25) is 5.43 Å². The minimum absolute atomic E-state index is 0.0256. The van der Waals surface area contributed by atoms with E-state index in [1.54, 1.807) is 0 Å². The molecular formula is C14H12F3N3O3. The van der Waals surface area contributed by atoms with Crippen molar-refractivity contribution >= 4 is 5.91 Å². The third-order valence-electron chi connectivity index (χ3n) is 3.11. The van der Waals surface area contributed by atoms with Crippen molar-refractivity contribution in [3.05, 3.63) is 51.9 Å². The van der Waals surface area contributed by atoms with Crippen molar-refractivity contribution in [2.24, 2.45) is 0 Å². The van der Waals surface area contributed by atoms with Crippen molar-refractivity contribution in [2.75, 3.05) is 14.2 Å². The first-order chi connectivity index (χ1) is 10.8. The number of amides is 1. The van der Waals surface area contributed by atoms with Gasteiger partial charge in [-0.05, 0) is 17.7 Å². The van der Waals surface area contributed by atoms with Crippen LogP contribution in [0.5, 0.6) is 0 Å². The minimum atomic E-state index is -4.54. The molecule has 1 aromatic heterocycles. The zero-order valence-electron chi connectivity index (χ0n) is 12.1. The van der Waals surface area contributed by atoms with Gasteiger partial charge in [0.05, 0.1) is 12.7 Å². The van der Waals surface area contributed by atoms with Gasteiger partial charge in [-0.15, -0.1) is 0 Å². The summed E-state index contributed by atoms with van der Waals surface area (Å²) in [7, 11) is 2.50. The number of hydrogen-bond donors (Lipinski definition) is 1. The summed E-state index contributed by atoms with van der Waals surface area (Å²) in [6, 6.07) is 4.25. The molecule has 23 heavy (non-hydrogen) atoms. The predicted octanol–water partition coefficient (Wildman–Crippen LogP) is 2.09. The van der Waals surface area contributed by atoms with Crippen molar-refractivity contribution in [1.82, 2.24) is 15.3 Å². The summed E-state index contributed by atoms with van der Waals surface area (Å²) in [5.41, 5.74) is -2.24. The predicted molar refractivity (Wildman–Crippen MR) is 74.4 cm³/mol. The highest BCUT2D eigenvalue weighted by Gasteiger charge is 2.30. The molecule has 0 aliphatic heterocycles. The first kappa shape index (κ1) is 16.7. The molecule has 0 saturated heterocycles. The van der Waals surface area contributed by atoms with Gasteiger partial charge in [-0.25, -0.2) is 5.06 Å². The first-order valence-electron chi connectivity index (χ1n) is 6.33. The highest BCUT2D eigenvalue weighted by Crippen LogP contribution is 2.31. The summed E-state index contributed by atoms with van der Waals surface area (Å²) >= 11 is 0. The number of benzene rings is 1. The lowest BCUT2D eigenvalue weighted by atomic mass is 10.0. The number of hydrogen-bond acceptors (Lipinski definition) is 4. The number of hydroxylamine groups is 2. The number of carbonyl (C=O) groups excluding carboxylic acids is 1. The van der Waals surface area contributed by atoms with E-state index in [9.17, 15) is 22.8 Å². The van der Waals surface area contributed by atoms with Crippen LogP contribution in [-0.4, -0.2) is 35.3 Å². The average molecular weight is 327 g/mol. The standard InChI is InChI=1S/C14H12F3N3O3/c1-20(23-2)13(22)11-12(21)10(7-18-19-11)8-4-3-5-9(6-8)14(15,16)17/h3-7H,1-2H3,(H,18,21). The number of aromatic amines is 1. The summed E-state index contributed by atoms with van der Waals surface area (Å²) in [6.45, 7) is 0. The van der Waals surface area contributed by atoms with Crippen LogP contribution in [0.4, 0.5) is 13.2 Å². The van der Waals surface area contributed by atoms with Gasteiger partial charge in [-0.3, -0.25) is 19.5 Å². The van der Waals surface area contributed by atoms with Crippen molar-refractivity contribution in [1.29, 1.82) is 0 Å². The fraction of sp³-hybridized carbons (Fsp3) is 0.214. The molecule has 0 fully saturated rings. The number of rotatable bonds is 3. The summed E-state index contributed by atoms with van der Waals surface area (Å²) in [5, 5.41) is 6.71. The largest absolute Gasteiger partial charge is 0.416 e. The highest BCUT2D eigenvalue weighted by molar-refractivity contribution is 5.92. The molecule has 0 aliphatic carbocycles. The van der Waals surface area contributed by atoms with Gasteiger partial charge < -0.3 is 0 Å². The van der Waals surface area contributed by atoms with Crippen molar-refractivity contribution < 1.29 is 22.8 Å². The molecule has 0 radical (unpaired) electrons. The lowest BCUT2D eigenvalue weighted by Crippen LogP contribution is -2.32. The fourth-order valence-corrected chi connectivity index (χ4v) is 1.86. The summed E-state index contributed by atoms with van der Waals surface area (Å²) in [6.07, 6.45) is -3.40. The molecule has 2 rings (SSSR count). The van der Waals surface area contributed by atoms with Crippen molar-refractivity contribution in [3.8, 4) is 11.1 Å². The molecule has 0 aliphatic rings. The molecule has 1 heterocycles. The molecule has 0 unspecified atom stereocenters. The van der Waals surface area contributed by atoms with E-state index in [0.717, 1.165) is 23.4 Å². The molecule has 0 spiro atoms. The Morgan fingerprint density at radius 2 is 2.04 bits per heavy atom. The van der Waals surface area contributed by atoms with Crippen LogP contribution >= 0.6 is 0 Å². The molecule has 6 nitrogen and oxygen atoms in total. The quantitative estimate of drug-likeness (QED) is 0.876. The van der Waals surface area contributed by atoms with E-state index in [0.29, 0.717) is 0 Å². The normalized spacial score (nSPS) is 11.3. The monoisotopic (exact) mass is 327 g/mol. The van der Waals surface area contributed by atoms with Crippen molar-refractivity contribution in [3.63, 3.8) is 0 Å². The average Bonchev–Trinajstić information content (AvgIpc) is 2.53. The maximum Gasteiger partial charge on any atom is 0.416 e. The van der Waals surface area contributed by atoms with Crippen LogP contribution in [0, 0.1) is 0 Å². The summed E-state index contributed by atoms with van der Waals surface area (Å²) < 4.78 is 38.3. The SMILES string of the molecule is CON(C)C(=O)c1n[nH]cc(-c2cccc(C(F)(F)F)c2)c1=O. The van der Waals surface area contributed by atoms with Crippen LogP contribution in [0.2, 0.25) is 0 Å². The zero-order valence-corrected chi connectivity index (χ0v) is 12.1. The van der Waals surface area contributed by atoms with Crippen LogP contribution in [0.3, 0.4) is 0 Å². The maximum absolute atomic E-state index is 12.8. The molecule has 0 saturated carbocycles. The number of aromatic nitrogens is 2. The summed E-state index contributed by atoms with van der Waals surface area (Å²) in [5.74, 6) is -0.817. The Balaban J connectivity index is 2.54. The van der Waals surface area contributed by atoms with E-state index in [1.165, 1.54) is 26.3 Å². The Bertz CT molecular complexity index is 787. The van der Waals surface area contributed by atoms with Crippen molar-refractivity contribution in [2.45, 2.75) is 6.18 Å². The molecule has 1 amide bonds. The van der Waals surface area contributed by atoms with Gasteiger partial charge in [-0.2, -0.15) is 18.3 Å². The van der Waals surface area contributed by atoms with Gasteiger partial charge in [0.25, 0.3) is 0 Å². The van der Waals surface area contributed by atoms with Crippen LogP contribution in [0.1, 0.15) is 16.1 Å².